The number of halogens is 6. The van der Waals surface area contributed by atoms with Crippen molar-refractivity contribution < 1.29 is 35.9 Å². The molecule has 0 spiro atoms. The molecule has 1 atom stereocenters. The Balaban J connectivity index is 1.56. The molecule has 198 valence electrons. The minimum atomic E-state index is -4.97. The highest BCUT2D eigenvalue weighted by Crippen LogP contribution is 2.35. The second-order valence-electron chi connectivity index (χ2n) is 8.25. The van der Waals surface area contributed by atoms with E-state index in [0.717, 1.165) is 30.3 Å². The van der Waals surface area contributed by atoms with Gasteiger partial charge in [-0.3, -0.25) is 9.20 Å². The fourth-order valence-electron chi connectivity index (χ4n) is 3.67. The van der Waals surface area contributed by atoms with Gasteiger partial charge in [-0.15, -0.1) is 0 Å². The van der Waals surface area contributed by atoms with E-state index in [1.54, 1.807) is 36.6 Å². The van der Waals surface area contributed by atoms with Crippen molar-refractivity contribution in [2.24, 2.45) is 0 Å². The molecule has 13 heteroatoms. The van der Waals surface area contributed by atoms with Crippen molar-refractivity contribution in [2.45, 2.75) is 25.3 Å². The van der Waals surface area contributed by atoms with E-state index in [1.807, 2.05) is 5.32 Å². The number of benzene rings is 2. The summed E-state index contributed by atoms with van der Waals surface area (Å²) in [7, 11) is 0. The SMILES string of the molecule is Cc1ccc([C@@H](NC(=O)Nc2cccc(C(F)(F)F)c2)C(F)(F)F)cc1NC(=O)c1cnc2ccccn12. The van der Waals surface area contributed by atoms with Crippen LogP contribution >= 0.6 is 0 Å². The number of hydrogen-bond acceptors (Lipinski definition) is 3. The maximum absolute atomic E-state index is 13.9. The minimum absolute atomic E-state index is 0.0627. The van der Waals surface area contributed by atoms with Crippen LogP contribution in [0.4, 0.5) is 42.5 Å². The van der Waals surface area contributed by atoms with E-state index >= 15 is 0 Å². The van der Waals surface area contributed by atoms with E-state index in [2.05, 4.69) is 10.3 Å². The molecule has 2 aromatic heterocycles. The molecule has 3 N–H and O–H groups in total. The van der Waals surface area contributed by atoms with Crippen LogP contribution in [0, 0.1) is 6.92 Å². The number of hydrogen-bond donors (Lipinski definition) is 3. The zero-order valence-corrected chi connectivity index (χ0v) is 19.5. The predicted molar refractivity (Wildman–Crippen MR) is 127 cm³/mol. The maximum atomic E-state index is 13.9. The summed E-state index contributed by atoms with van der Waals surface area (Å²) in [6.07, 6.45) is -6.74. The second-order valence-corrected chi connectivity index (χ2v) is 8.25. The Kier molecular flexibility index (Phi) is 7.03. The molecule has 3 amide bonds. The van der Waals surface area contributed by atoms with Gasteiger partial charge in [-0.2, -0.15) is 26.3 Å². The Morgan fingerprint density at radius 1 is 0.921 bits per heavy atom. The monoisotopic (exact) mass is 535 g/mol. The van der Waals surface area contributed by atoms with Gasteiger partial charge in [0.25, 0.3) is 5.91 Å². The molecular weight excluding hydrogens is 516 g/mol. The number of fused-ring (bicyclic) bond motifs is 1. The van der Waals surface area contributed by atoms with Crippen molar-refractivity contribution >= 4 is 29.0 Å². The van der Waals surface area contributed by atoms with E-state index in [9.17, 15) is 35.9 Å². The molecule has 0 aliphatic rings. The van der Waals surface area contributed by atoms with E-state index in [0.29, 0.717) is 17.3 Å². The standard InChI is InChI=1S/C25H19F6N5O2/c1-14-8-9-15(11-18(14)34-22(37)19-13-32-20-7-2-3-10-36(19)20)21(25(29,30)31)35-23(38)33-17-6-4-5-16(12-17)24(26,27)28/h2-13,21H,1H3,(H,34,37)(H2,33,35,38)/t21-/m1/s1. The van der Waals surface area contributed by atoms with Crippen LogP contribution in [-0.2, 0) is 6.18 Å². The first-order valence-corrected chi connectivity index (χ1v) is 11.0. The number of nitrogens with one attached hydrogen (secondary N) is 3. The Morgan fingerprint density at radius 2 is 1.68 bits per heavy atom. The number of carbonyl (C=O) groups is 2. The van der Waals surface area contributed by atoms with Gasteiger partial charge in [0.2, 0.25) is 0 Å². The molecule has 7 nitrogen and oxygen atoms in total. The highest BCUT2D eigenvalue weighted by Gasteiger charge is 2.42. The topological polar surface area (TPSA) is 87.5 Å². The number of urea groups is 1. The lowest BCUT2D eigenvalue weighted by Crippen LogP contribution is -2.40. The first-order valence-electron chi connectivity index (χ1n) is 11.0. The van der Waals surface area contributed by atoms with Crippen LogP contribution in [0.25, 0.3) is 5.65 Å². The van der Waals surface area contributed by atoms with Crippen LogP contribution in [-0.4, -0.2) is 27.5 Å². The smallest absolute Gasteiger partial charge is 0.322 e. The fourth-order valence-corrected chi connectivity index (χ4v) is 3.67. The predicted octanol–water partition coefficient (Wildman–Crippen LogP) is 6.34. The van der Waals surface area contributed by atoms with E-state index < -0.39 is 41.5 Å². The Bertz CT molecular complexity index is 1500. The van der Waals surface area contributed by atoms with Crippen LogP contribution in [0.5, 0.6) is 0 Å². The first-order chi connectivity index (χ1) is 17.8. The third-order valence-corrected chi connectivity index (χ3v) is 5.54. The third-order valence-electron chi connectivity index (χ3n) is 5.54. The maximum Gasteiger partial charge on any atom is 0.416 e. The van der Waals surface area contributed by atoms with Crippen molar-refractivity contribution in [3.63, 3.8) is 0 Å². The Hall–Kier alpha value is -4.55. The number of aromatic nitrogens is 2. The van der Waals surface area contributed by atoms with E-state index in [-0.39, 0.29) is 17.1 Å². The summed E-state index contributed by atoms with van der Waals surface area (Å²) in [4.78, 5) is 29.3. The average Bonchev–Trinajstić information content (AvgIpc) is 3.27. The highest BCUT2D eigenvalue weighted by molar-refractivity contribution is 6.04. The molecule has 2 aromatic carbocycles. The van der Waals surface area contributed by atoms with Gasteiger partial charge in [-0.05, 0) is 54.4 Å². The van der Waals surface area contributed by atoms with Crippen LogP contribution in [0.3, 0.4) is 0 Å². The molecule has 4 rings (SSSR count). The van der Waals surface area contributed by atoms with Crippen molar-refractivity contribution in [3.8, 4) is 0 Å². The molecule has 0 saturated carbocycles. The minimum Gasteiger partial charge on any atom is -0.322 e. The number of alkyl halides is 6. The van der Waals surface area contributed by atoms with Gasteiger partial charge in [0, 0.05) is 17.6 Å². The van der Waals surface area contributed by atoms with Gasteiger partial charge < -0.3 is 16.0 Å². The summed E-state index contributed by atoms with van der Waals surface area (Å²) in [5, 5.41) is 6.30. The number of amides is 3. The van der Waals surface area contributed by atoms with Crippen molar-refractivity contribution in [2.75, 3.05) is 10.6 Å². The first kappa shape index (κ1) is 26.5. The summed E-state index contributed by atoms with van der Waals surface area (Å²) < 4.78 is 82.0. The molecule has 38 heavy (non-hydrogen) atoms. The molecule has 0 aliphatic heterocycles. The third kappa shape index (κ3) is 5.88. The summed E-state index contributed by atoms with van der Waals surface area (Å²) in [5.74, 6) is -0.622. The fraction of sp³-hybridized carbons (Fsp3) is 0.160. The Labute approximate surface area is 211 Å². The van der Waals surface area contributed by atoms with E-state index in [1.165, 1.54) is 16.7 Å². The molecular formula is C25H19F6N5O2. The molecule has 0 saturated heterocycles. The second kappa shape index (κ2) is 10.1. The zero-order valence-electron chi connectivity index (χ0n) is 19.5. The van der Waals surface area contributed by atoms with Crippen LogP contribution in [0.15, 0.2) is 73.1 Å². The van der Waals surface area contributed by atoms with Crippen molar-refractivity contribution in [1.29, 1.82) is 0 Å². The molecule has 2 heterocycles. The highest BCUT2D eigenvalue weighted by atomic mass is 19.4. The summed E-state index contributed by atoms with van der Waals surface area (Å²) in [6.45, 7) is 1.57. The number of anilines is 2. The summed E-state index contributed by atoms with van der Waals surface area (Å²) in [5.41, 5.74) is -0.669. The van der Waals surface area contributed by atoms with Gasteiger partial charge in [-0.1, -0.05) is 24.3 Å². The molecule has 0 fully saturated rings. The number of imidazole rings is 1. The van der Waals surface area contributed by atoms with Crippen LogP contribution in [0.1, 0.15) is 33.2 Å². The largest absolute Gasteiger partial charge is 0.416 e. The van der Waals surface area contributed by atoms with Gasteiger partial charge in [0.1, 0.15) is 11.3 Å². The van der Waals surface area contributed by atoms with Crippen LogP contribution in [0.2, 0.25) is 0 Å². The molecule has 0 unspecified atom stereocenters. The van der Waals surface area contributed by atoms with Gasteiger partial charge in [0.15, 0.2) is 6.04 Å². The summed E-state index contributed by atoms with van der Waals surface area (Å²) >= 11 is 0. The van der Waals surface area contributed by atoms with Crippen molar-refractivity contribution in [1.82, 2.24) is 14.7 Å². The molecule has 4 aromatic rings. The number of carbonyl (C=O) groups excluding carboxylic acids is 2. The van der Waals surface area contributed by atoms with Crippen LogP contribution < -0.4 is 16.0 Å². The van der Waals surface area contributed by atoms with Gasteiger partial charge in [0.05, 0.1) is 11.8 Å². The zero-order chi connectivity index (χ0) is 27.7. The lowest BCUT2D eigenvalue weighted by atomic mass is 10.0. The molecule has 0 aliphatic carbocycles. The molecule has 0 radical (unpaired) electrons. The number of pyridine rings is 1. The Morgan fingerprint density at radius 3 is 2.39 bits per heavy atom. The normalized spacial score (nSPS) is 12.7. The quantitative estimate of drug-likeness (QED) is 0.261. The van der Waals surface area contributed by atoms with E-state index in [4.69, 9.17) is 0 Å². The average molecular weight is 535 g/mol. The number of rotatable bonds is 5. The lowest BCUT2D eigenvalue weighted by Gasteiger charge is -2.23. The van der Waals surface area contributed by atoms with Gasteiger partial charge >= 0.3 is 18.4 Å². The van der Waals surface area contributed by atoms with Crippen molar-refractivity contribution in [3.05, 3.63) is 95.4 Å². The number of nitrogens with zero attached hydrogens (tertiary/aromatic N) is 2. The molecule has 0 bridgehead atoms. The summed E-state index contributed by atoms with van der Waals surface area (Å²) in [6, 6.07) is 8.20. The number of aryl methyl sites for hydroxylation is 1. The lowest BCUT2D eigenvalue weighted by molar-refractivity contribution is -0.154. The van der Waals surface area contributed by atoms with Gasteiger partial charge in [-0.25, -0.2) is 9.78 Å².